The summed E-state index contributed by atoms with van der Waals surface area (Å²) in [6.07, 6.45) is 2.96. The molecule has 1 aliphatic carbocycles. The van der Waals surface area contributed by atoms with Crippen molar-refractivity contribution in [3.05, 3.63) is 35.9 Å². The van der Waals surface area contributed by atoms with Gasteiger partial charge in [0.2, 0.25) is 0 Å². The van der Waals surface area contributed by atoms with Crippen LogP contribution in [-0.2, 0) is 19.7 Å². The van der Waals surface area contributed by atoms with Crippen LogP contribution in [0.15, 0.2) is 30.3 Å². The van der Waals surface area contributed by atoms with Crippen LogP contribution in [-0.4, -0.2) is 25.3 Å². The summed E-state index contributed by atoms with van der Waals surface area (Å²) in [6.45, 7) is 2.90. The standard InChI is InChI=1S/C16H20O3/c1-2-18-15(17)14-13-9-6-10-16(13,11-19-14)12-7-4-3-5-8-12/h3-5,7-8,13-14H,2,6,9-11H2,1H3/t13-,14+,16+/m0/s1. The maximum atomic E-state index is 12.0. The van der Waals surface area contributed by atoms with E-state index in [2.05, 4.69) is 24.3 Å². The molecule has 0 spiro atoms. The Morgan fingerprint density at radius 1 is 1.42 bits per heavy atom. The number of carbonyl (C=O) groups excluding carboxylic acids is 1. The van der Waals surface area contributed by atoms with Crippen LogP contribution in [0.2, 0.25) is 0 Å². The minimum Gasteiger partial charge on any atom is -0.464 e. The molecule has 3 heteroatoms. The molecule has 0 N–H and O–H groups in total. The maximum Gasteiger partial charge on any atom is 0.335 e. The molecular weight excluding hydrogens is 240 g/mol. The van der Waals surface area contributed by atoms with Crippen LogP contribution in [0.3, 0.4) is 0 Å². The van der Waals surface area contributed by atoms with Gasteiger partial charge in [-0.05, 0) is 25.3 Å². The molecule has 3 nitrogen and oxygen atoms in total. The van der Waals surface area contributed by atoms with Crippen LogP contribution < -0.4 is 0 Å². The molecule has 0 bridgehead atoms. The Morgan fingerprint density at radius 2 is 2.21 bits per heavy atom. The van der Waals surface area contributed by atoms with Gasteiger partial charge in [-0.1, -0.05) is 36.8 Å². The highest BCUT2D eigenvalue weighted by molar-refractivity contribution is 5.76. The van der Waals surface area contributed by atoms with Gasteiger partial charge >= 0.3 is 5.97 Å². The molecule has 0 amide bonds. The summed E-state index contributed by atoms with van der Waals surface area (Å²) in [5.41, 5.74) is 1.34. The fourth-order valence-corrected chi connectivity index (χ4v) is 3.74. The lowest BCUT2D eigenvalue weighted by Crippen LogP contribution is -2.35. The average Bonchev–Trinajstić information content (AvgIpc) is 2.99. The zero-order valence-electron chi connectivity index (χ0n) is 11.3. The molecule has 0 unspecified atom stereocenters. The van der Waals surface area contributed by atoms with Crippen molar-refractivity contribution in [3.8, 4) is 0 Å². The monoisotopic (exact) mass is 260 g/mol. The molecule has 3 rings (SSSR count). The largest absolute Gasteiger partial charge is 0.464 e. The number of benzene rings is 1. The highest BCUT2D eigenvalue weighted by Crippen LogP contribution is 2.52. The van der Waals surface area contributed by atoms with Gasteiger partial charge in [0.1, 0.15) is 0 Å². The van der Waals surface area contributed by atoms with Gasteiger partial charge in [-0.25, -0.2) is 4.79 Å². The Morgan fingerprint density at radius 3 is 2.95 bits per heavy atom. The third-order valence-corrected chi connectivity index (χ3v) is 4.60. The van der Waals surface area contributed by atoms with E-state index in [0.717, 1.165) is 12.8 Å². The summed E-state index contributed by atoms with van der Waals surface area (Å²) < 4.78 is 11.0. The molecule has 1 aromatic rings. The first kappa shape index (κ1) is 12.7. The number of hydrogen-bond acceptors (Lipinski definition) is 3. The second-order valence-corrected chi connectivity index (χ2v) is 5.50. The summed E-state index contributed by atoms with van der Waals surface area (Å²) in [6, 6.07) is 10.5. The number of ether oxygens (including phenoxy) is 2. The Bertz CT molecular complexity index is 456. The highest BCUT2D eigenvalue weighted by Gasteiger charge is 2.55. The van der Waals surface area contributed by atoms with Gasteiger partial charge in [0.05, 0.1) is 13.2 Å². The van der Waals surface area contributed by atoms with Crippen molar-refractivity contribution in [1.29, 1.82) is 0 Å². The molecule has 1 aliphatic heterocycles. The minimum atomic E-state index is -0.373. The van der Waals surface area contributed by atoms with Crippen molar-refractivity contribution in [2.24, 2.45) is 5.92 Å². The topological polar surface area (TPSA) is 35.5 Å². The van der Waals surface area contributed by atoms with Gasteiger partial charge in [0, 0.05) is 11.3 Å². The predicted octanol–water partition coefficient (Wildman–Crippen LogP) is 2.69. The second-order valence-electron chi connectivity index (χ2n) is 5.50. The zero-order chi connectivity index (χ0) is 13.3. The van der Waals surface area contributed by atoms with E-state index in [9.17, 15) is 4.79 Å². The Kier molecular flexibility index (Phi) is 3.31. The number of fused-ring (bicyclic) bond motifs is 1. The quantitative estimate of drug-likeness (QED) is 0.784. The fraction of sp³-hybridized carbons (Fsp3) is 0.562. The third kappa shape index (κ3) is 1.96. The summed E-state index contributed by atoms with van der Waals surface area (Å²) in [5.74, 6) is 0.0844. The van der Waals surface area contributed by atoms with E-state index in [1.54, 1.807) is 0 Å². The van der Waals surface area contributed by atoms with Crippen LogP contribution >= 0.6 is 0 Å². The first-order valence-corrected chi connectivity index (χ1v) is 7.12. The molecule has 19 heavy (non-hydrogen) atoms. The number of esters is 1. The lowest BCUT2D eigenvalue weighted by Gasteiger charge is -2.29. The van der Waals surface area contributed by atoms with E-state index in [4.69, 9.17) is 9.47 Å². The van der Waals surface area contributed by atoms with Crippen molar-refractivity contribution >= 4 is 5.97 Å². The third-order valence-electron chi connectivity index (χ3n) is 4.60. The van der Waals surface area contributed by atoms with Crippen LogP contribution in [0.1, 0.15) is 31.7 Å². The van der Waals surface area contributed by atoms with Gasteiger partial charge in [-0.2, -0.15) is 0 Å². The van der Waals surface area contributed by atoms with E-state index in [1.165, 1.54) is 12.0 Å². The first-order chi connectivity index (χ1) is 9.28. The van der Waals surface area contributed by atoms with E-state index in [0.29, 0.717) is 13.2 Å². The minimum absolute atomic E-state index is 0.0265. The molecule has 1 aromatic carbocycles. The van der Waals surface area contributed by atoms with E-state index >= 15 is 0 Å². The van der Waals surface area contributed by atoms with Gasteiger partial charge < -0.3 is 9.47 Å². The SMILES string of the molecule is CCOC(=O)[C@@H]1OC[C@@]2(c3ccccc3)CCC[C@@H]12. The van der Waals surface area contributed by atoms with Gasteiger partial charge in [0.25, 0.3) is 0 Å². The first-order valence-electron chi connectivity index (χ1n) is 7.12. The highest BCUT2D eigenvalue weighted by atomic mass is 16.6. The smallest absolute Gasteiger partial charge is 0.335 e. The zero-order valence-corrected chi connectivity index (χ0v) is 11.3. The summed E-state index contributed by atoms with van der Waals surface area (Å²) in [7, 11) is 0. The summed E-state index contributed by atoms with van der Waals surface area (Å²) >= 11 is 0. The maximum absolute atomic E-state index is 12.0. The Hall–Kier alpha value is -1.35. The molecule has 3 atom stereocenters. The van der Waals surface area contributed by atoms with E-state index in [-0.39, 0.29) is 23.4 Å². The van der Waals surface area contributed by atoms with Gasteiger partial charge in [-0.15, -0.1) is 0 Å². The van der Waals surface area contributed by atoms with Crippen molar-refractivity contribution in [2.75, 3.05) is 13.2 Å². The van der Waals surface area contributed by atoms with Crippen LogP contribution in [0.4, 0.5) is 0 Å². The van der Waals surface area contributed by atoms with Crippen molar-refractivity contribution < 1.29 is 14.3 Å². The average molecular weight is 260 g/mol. The number of rotatable bonds is 3. The normalized spacial score (nSPS) is 33.1. The summed E-state index contributed by atoms with van der Waals surface area (Å²) in [4.78, 5) is 12.0. The molecule has 0 aromatic heterocycles. The molecular formula is C16H20O3. The predicted molar refractivity (Wildman–Crippen MR) is 71.8 cm³/mol. The summed E-state index contributed by atoms with van der Waals surface area (Å²) in [5, 5.41) is 0. The lowest BCUT2D eigenvalue weighted by atomic mass is 9.73. The van der Waals surface area contributed by atoms with E-state index in [1.807, 2.05) is 13.0 Å². The van der Waals surface area contributed by atoms with Gasteiger partial charge in [-0.3, -0.25) is 0 Å². The van der Waals surface area contributed by atoms with E-state index < -0.39 is 0 Å². The molecule has 0 radical (unpaired) electrons. The van der Waals surface area contributed by atoms with Crippen molar-refractivity contribution in [2.45, 2.75) is 37.7 Å². The van der Waals surface area contributed by atoms with Crippen molar-refractivity contribution in [3.63, 3.8) is 0 Å². The molecule has 1 saturated carbocycles. The fourth-order valence-electron chi connectivity index (χ4n) is 3.74. The second kappa shape index (κ2) is 4.97. The molecule has 1 saturated heterocycles. The number of carbonyl (C=O) groups is 1. The Balaban J connectivity index is 1.89. The van der Waals surface area contributed by atoms with Crippen LogP contribution in [0.25, 0.3) is 0 Å². The lowest BCUT2D eigenvalue weighted by molar-refractivity contribution is -0.155. The van der Waals surface area contributed by atoms with Crippen molar-refractivity contribution in [1.82, 2.24) is 0 Å². The number of hydrogen-bond donors (Lipinski definition) is 0. The molecule has 102 valence electrons. The molecule has 1 heterocycles. The molecule has 2 fully saturated rings. The molecule has 2 aliphatic rings. The van der Waals surface area contributed by atoms with Crippen LogP contribution in [0.5, 0.6) is 0 Å². The van der Waals surface area contributed by atoms with Crippen LogP contribution in [0, 0.1) is 5.92 Å². The van der Waals surface area contributed by atoms with Gasteiger partial charge in [0.15, 0.2) is 6.10 Å². The Labute approximate surface area is 113 Å².